The molecule has 0 spiro atoms. The van der Waals surface area contributed by atoms with Gasteiger partial charge in [-0.1, -0.05) is 38.1 Å². The minimum atomic E-state index is 0. The Morgan fingerprint density at radius 1 is 1.18 bits per heavy atom. The van der Waals surface area contributed by atoms with Crippen LogP contribution in [0.5, 0.6) is 0 Å². The number of likely N-dealkylation sites (N-methyl/N-ethyl adjacent to an activating group) is 1. The van der Waals surface area contributed by atoms with Crippen LogP contribution in [0.25, 0.3) is 0 Å². The molecule has 160 valence electrons. The summed E-state index contributed by atoms with van der Waals surface area (Å²) in [6, 6.07) is 9.24. The fourth-order valence-electron chi connectivity index (χ4n) is 3.73. The molecule has 0 aromatic heterocycles. The number of hydrogen-bond acceptors (Lipinski definition) is 3. The zero-order chi connectivity index (χ0) is 19.5. The van der Waals surface area contributed by atoms with Crippen LogP contribution in [0.15, 0.2) is 29.3 Å². The van der Waals surface area contributed by atoms with Crippen LogP contribution in [0.4, 0.5) is 0 Å². The average Bonchev–Trinajstić information content (AvgIpc) is 2.69. The van der Waals surface area contributed by atoms with Crippen LogP contribution in [0.1, 0.15) is 44.2 Å². The minimum absolute atomic E-state index is 0. The first-order chi connectivity index (χ1) is 13.2. The van der Waals surface area contributed by atoms with Crippen LogP contribution >= 0.6 is 24.0 Å². The number of guanidine groups is 1. The van der Waals surface area contributed by atoms with Crippen molar-refractivity contribution < 1.29 is 0 Å². The van der Waals surface area contributed by atoms with Crippen LogP contribution in [-0.2, 0) is 6.54 Å². The molecule has 1 saturated heterocycles. The summed E-state index contributed by atoms with van der Waals surface area (Å²) in [6.45, 7) is 14.3. The molecule has 1 aromatic carbocycles. The minimum Gasteiger partial charge on any atom is -0.355 e. The van der Waals surface area contributed by atoms with Crippen LogP contribution in [0, 0.1) is 6.92 Å². The van der Waals surface area contributed by atoms with Crippen molar-refractivity contribution in [2.75, 3.05) is 46.3 Å². The molecule has 2 rings (SSSR count). The van der Waals surface area contributed by atoms with Crippen molar-refractivity contribution in [1.82, 2.24) is 20.4 Å². The van der Waals surface area contributed by atoms with Gasteiger partial charge in [-0.05, 0) is 50.4 Å². The smallest absolute Gasteiger partial charge is 0.191 e. The Hall–Kier alpha value is -0.860. The maximum atomic E-state index is 4.41. The molecule has 1 fully saturated rings. The Morgan fingerprint density at radius 3 is 2.50 bits per heavy atom. The first kappa shape index (κ1) is 25.2. The molecule has 1 heterocycles. The number of nitrogens with one attached hydrogen (secondary N) is 2. The molecule has 0 saturated carbocycles. The Kier molecular flexibility index (Phi) is 12.7. The second-order valence-corrected chi connectivity index (χ2v) is 7.55. The van der Waals surface area contributed by atoms with Gasteiger partial charge in [0, 0.05) is 45.8 Å². The first-order valence-corrected chi connectivity index (χ1v) is 10.6. The van der Waals surface area contributed by atoms with E-state index in [1.807, 2.05) is 7.05 Å². The molecule has 1 aliphatic heterocycles. The molecule has 5 nitrogen and oxygen atoms in total. The van der Waals surface area contributed by atoms with E-state index in [0.29, 0.717) is 6.04 Å². The van der Waals surface area contributed by atoms with Crippen molar-refractivity contribution in [3.8, 4) is 0 Å². The van der Waals surface area contributed by atoms with E-state index in [1.165, 1.54) is 36.9 Å². The van der Waals surface area contributed by atoms with Crippen molar-refractivity contribution >= 4 is 29.9 Å². The lowest BCUT2D eigenvalue weighted by Gasteiger charge is -2.33. The number of piperidine rings is 1. The van der Waals surface area contributed by atoms with Gasteiger partial charge in [-0.25, -0.2) is 0 Å². The second-order valence-electron chi connectivity index (χ2n) is 7.55. The van der Waals surface area contributed by atoms with E-state index in [4.69, 9.17) is 0 Å². The predicted molar refractivity (Wildman–Crippen MR) is 132 cm³/mol. The van der Waals surface area contributed by atoms with Crippen molar-refractivity contribution in [3.63, 3.8) is 0 Å². The molecule has 28 heavy (non-hydrogen) atoms. The predicted octanol–water partition coefficient (Wildman–Crippen LogP) is 3.47. The third kappa shape index (κ3) is 8.66. The third-order valence-corrected chi connectivity index (χ3v) is 5.51. The summed E-state index contributed by atoms with van der Waals surface area (Å²) in [6.07, 6.45) is 3.55. The third-order valence-electron chi connectivity index (χ3n) is 5.51. The molecule has 0 unspecified atom stereocenters. The van der Waals surface area contributed by atoms with Gasteiger partial charge in [0.25, 0.3) is 0 Å². The molecular formula is C22H40IN5. The van der Waals surface area contributed by atoms with E-state index in [2.05, 4.69) is 70.5 Å². The van der Waals surface area contributed by atoms with E-state index in [-0.39, 0.29) is 24.0 Å². The Labute approximate surface area is 189 Å². The molecule has 0 atom stereocenters. The highest BCUT2D eigenvalue weighted by Crippen LogP contribution is 2.16. The van der Waals surface area contributed by atoms with E-state index in [0.717, 1.165) is 45.2 Å². The number of rotatable bonds is 9. The molecule has 0 bridgehead atoms. The fraction of sp³-hybridized carbons (Fsp3) is 0.682. The maximum Gasteiger partial charge on any atom is 0.191 e. The summed E-state index contributed by atoms with van der Waals surface area (Å²) >= 11 is 0. The number of aliphatic imine (C=N–C) groups is 1. The largest absolute Gasteiger partial charge is 0.355 e. The molecule has 0 radical (unpaired) electrons. The first-order valence-electron chi connectivity index (χ1n) is 10.6. The quantitative estimate of drug-likeness (QED) is 0.309. The molecular weight excluding hydrogens is 461 g/mol. The van der Waals surface area contributed by atoms with Gasteiger partial charge in [0.15, 0.2) is 5.96 Å². The van der Waals surface area contributed by atoms with Gasteiger partial charge in [0.2, 0.25) is 0 Å². The van der Waals surface area contributed by atoms with Crippen LogP contribution in [-0.4, -0.2) is 68.1 Å². The molecule has 0 amide bonds. The number of likely N-dealkylation sites (tertiary alicyclic amines) is 1. The summed E-state index contributed by atoms with van der Waals surface area (Å²) in [4.78, 5) is 9.46. The SMILES string of the molecule is CCCN(CC)CCNC(=NC)NC1CCN(Cc2ccccc2C)CC1.I. The Bertz CT molecular complexity index is 570. The summed E-state index contributed by atoms with van der Waals surface area (Å²) < 4.78 is 0. The number of halogens is 1. The van der Waals surface area contributed by atoms with Gasteiger partial charge in [0.1, 0.15) is 0 Å². The molecule has 1 aliphatic rings. The monoisotopic (exact) mass is 501 g/mol. The lowest BCUT2D eigenvalue weighted by atomic mass is 10.0. The lowest BCUT2D eigenvalue weighted by molar-refractivity contribution is 0.198. The number of benzene rings is 1. The zero-order valence-corrected chi connectivity index (χ0v) is 20.5. The number of nitrogens with zero attached hydrogens (tertiary/aromatic N) is 3. The Morgan fingerprint density at radius 2 is 1.89 bits per heavy atom. The van der Waals surface area contributed by atoms with Crippen molar-refractivity contribution in [2.24, 2.45) is 4.99 Å². The highest BCUT2D eigenvalue weighted by atomic mass is 127. The van der Waals surface area contributed by atoms with E-state index < -0.39 is 0 Å². The summed E-state index contributed by atoms with van der Waals surface area (Å²) in [7, 11) is 1.87. The van der Waals surface area contributed by atoms with Gasteiger partial charge in [-0.15, -0.1) is 24.0 Å². The normalized spacial score (nSPS) is 16.1. The van der Waals surface area contributed by atoms with Crippen molar-refractivity contribution in [2.45, 2.75) is 52.6 Å². The Balaban J connectivity index is 0.00000392. The average molecular weight is 502 g/mol. The van der Waals surface area contributed by atoms with Gasteiger partial charge in [-0.2, -0.15) is 0 Å². The molecule has 1 aromatic rings. The molecule has 2 N–H and O–H groups in total. The fourth-order valence-corrected chi connectivity index (χ4v) is 3.73. The van der Waals surface area contributed by atoms with E-state index in [1.54, 1.807) is 0 Å². The zero-order valence-electron chi connectivity index (χ0n) is 18.2. The molecule has 0 aliphatic carbocycles. The maximum absolute atomic E-state index is 4.41. The van der Waals surface area contributed by atoms with Gasteiger partial charge < -0.3 is 15.5 Å². The van der Waals surface area contributed by atoms with Gasteiger partial charge in [0.05, 0.1) is 0 Å². The van der Waals surface area contributed by atoms with Crippen molar-refractivity contribution in [3.05, 3.63) is 35.4 Å². The summed E-state index contributed by atoms with van der Waals surface area (Å²) in [5.41, 5.74) is 2.85. The lowest BCUT2D eigenvalue weighted by Crippen LogP contribution is -2.49. The van der Waals surface area contributed by atoms with E-state index >= 15 is 0 Å². The highest BCUT2D eigenvalue weighted by Gasteiger charge is 2.20. The highest BCUT2D eigenvalue weighted by molar-refractivity contribution is 14.0. The second kappa shape index (κ2) is 14.2. The topological polar surface area (TPSA) is 42.9 Å². The number of hydrogen-bond donors (Lipinski definition) is 2. The van der Waals surface area contributed by atoms with Gasteiger partial charge >= 0.3 is 0 Å². The molecule has 6 heteroatoms. The standard InChI is InChI=1S/C22H39N5.HI/c1-5-14-26(6-2)17-13-24-22(23-4)25-21-11-15-27(16-12-21)18-20-10-8-7-9-19(20)3;/h7-10,21H,5-6,11-18H2,1-4H3,(H2,23,24,25);1H. The van der Waals surface area contributed by atoms with Crippen molar-refractivity contribution in [1.29, 1.82) is 0 Å². The van der Waals surface area contributed by atoms with Gasteiger partial charge in [-0.3, -0.25) is 9.89 Å². The summed E-state index contributed by atoms with van der Waals surface area (Å²) in [5.74, 6) is 0.944. The van der Waals surface area contributed by atoms with Crippen LogP contribution < -0.4 is 10.6 Å². The summed E-state index contributed by atoms with van der Waals surface area (Å²) in [5, 5.41) is 7.10. The van der Waals surface area contributed by atoms with Crippen LogP contribution in [0.3, 0.4) is 0 Å². The van der Waals surface area contributed by atoms with E-state index in [9.17, 15) is 0 Å². The number of aryl methyl sites for hydroxylation is 1. The van der Waals surface area contributed by atoms with Crippen LogP contribution in [0.2, 0.25) is 0 Å².